The normalized spacial score (nSPS) is 16.5. The Morgan fingerprint density at radius 3 is 2.33 bits per heavy atom. The lowest BCUT2D eigenvalue weighted by Crippen LogP contribution is -2.29. The standard InChI is InChI=1S/C9H8O4.C5H9NO2/c1-6(10)13-8-5-3-2-4-7(8)9(11)12;7-5(8)4-2-1-3-6-4/h2-5H,1H3,(H,11,12);4,6H,1-3H2,(H,7,8). The summed E-state index contributed by atoms with van der Waals surface area (Å²) < 4.78 is 4.69. The number of para-hydroxylation sites is 1. The minimum Gasteiger partial charge on any atom is -0.480 e. The van der Waals surface area contributed by atoms with E-state index in [1.807, 2.05) is 0 Å². The lowest BCUT2D eigenvalue weighted by atomic mass is 10.2. The van der Waals surface area contributed by atoms with Crippen molar-refractivity contribution in [3.05, 3.63) is 29.8 Å². The van der Waals surface area contributed by atoms with Crippen LogP contribution in [0.15, 0.2) is 24.3 Å². The van der Waals surface area contributed by atoms with Gasteiger partial charge in [0.05, 0.1) is 0 Å². The predicted molar refractivity (Wildman–Crippen MR) is 73.4 cm³/mol. The fraction of sp³-hybridized carbons (Fsp3) is 0.357. The molecular formula is C14H17NO6. The molecule has 0 aliphatic carbocycles. The van der Waals surface area contributed by atoms with Gasteiger partial charge in [0.2, 0.25) is 0 Å². The van der Waals surface area contributed by atoms with Crippen LogP contribution in [0.4, 0.5) is 0 Å². The number of rotatable bonds is 3. The van der Waals surface area contributed by atoms with Crippen LogP contribution in [-0.2, 0) is 9.59 Å². The quantitative estimate of drug-likeness (QED) is 0.566. The van der Waals surface area contributed by atoms with Crippen LogP contribution in [0, 0.1) is 0 Å². The van der Waals surface area contributed by atoms with E-state index in [1.165, 1.54) is 19.1 Å². The van der Waals surface area contributed by atoms with Gasteiger partial charge in [0, 0.05) is 6.92 Å². The van der Waals surface area contributed by atoms with Crippen molar-refractivity contribution in [2.45, 2.75) is 25.8 Å². The summed E-state index contributed by atoms with van der Waals surface area (Å²) in [4.78, 5) is 31.3. The van der Waals surface area contributed by atoms with Crippen molar-refractivity contribution < 1.29 is 29.3 Å². The third-order valence-corrected chi connectivity index (χ3v) is 2.73. The van der Waals surface area contributed by atoms with Crippen LogP contribution >= 0.6 is 0 Å². The molecule has 7 nitrogen and oxygen atoms in total. The minimum absolute atomic E-state index is 0.0160. The van der Waals surface area contributed by atoms with Gasteiger partial charge in [-0.1, -0.05) is 12.1 Å². The van der Waals surface area contributed by atoms with Gasteiger partial charge in [0.1, 0.15) is 17.4 Å². The van der Waals surface area contributed by atoms with Gasteiger partial charge < -0.3 is 20.3 Å². The highest BCUT2D eigenvalue weighted by Gasteiger charge is 2.20. The van der Waals surface area contributed by atoms with E-state index in [2.05, 4.69) is 10.1 Å². The molecule has 1 atom stereocenters. The number of carboxylic acid groups (broad SMARTS) is 2. The molecule has 0 radical (unpaired) electrons. The van der Waals surface area contributed by atoms with E-state index in [0.29, 0.717) is 0 Å². The van der Waals surface area contributed by atoms with E-state index in [0.717, 1.165) is 19.4 Å². The third kappa shape index (κ3) is 5.62. The SMILES string of the molecule is CC(=O)Oc1ccccc1C(=O)O.O=C(O)C1CCCN1. The van der Waals surface area contributed by atoms with E-state index < -0.39 is 17.9 Å². The molecule has 7 heteroatoms. The Labute approximate surface area is 121 Å². The Balaban J connectivity index is 0.000000235. The second-order valence-corrected chi connectivity index (χ2v) is 4.38. The first-order valence-electron chi connectivity index (χ1n) is 6.38. The second-order valence-electron chi connectivity index (χ2n) is 4.38. The molecule has 21 heavy (non-hydrogen) atoms. The average Bonchev–Trinajstić information content (AvgIpc) is 2.93. The average molecular weight is 295 g/mol. The molecule has 1 aliphatic rings. The van der Waals surface area contributed by atoms with Crippen molar-refractivity contribution in [2.24, 2.45) is 0 Å². The number of carbonyl (C=O) groups is 3. The summed E-state index contributed by atoms with van der Waals surface area (Å²) >= 11 is 0. The van der Waals surface area contributed by atoms with Crippen LogP contribution in [0.2, 0.25) is 0 Å². The minimum atomic E-state index is -1.11. The number of benzene rings is 1. The first-order valence-corrected chi connectivity index (χ1v) is 6.38. The maximum Gasteiger partial charge on any atom is 0.339 e. The monoisotopic (exact) mass is 295 g/mol. The molecule has 3 N–H and O–H groups in total. The zero-order valence-electron chi connectivity index (χ0n) is 11.5. The lowest BCUT2D eigenvalue weighted by molar-refractivity contribution is -0.139. The Kier molecular flexibility index (Phi) is 6.35. The van der Waals surface area contributed by atoms with Gasteiger partial charge in [-0.05, 0) is 31.5 Å². The van der Waals surface area contributed by atoms with Gasteiger partial charge in [-0.2, -0.15) is 0 Å². The van der Waals surface area contributed by atoms with Crippen molar-refractivity contribution in [1.29, 1.82) is 0 Å². The zero-order valence-corrected chi connectivity index (χ0v) is 11.5. The summed E-state index contributed by atoms with van der Waals surface area (Å²) in [6, 6.07) is 5.71. The number of hydrogen-bond acceptors (Lipinski definition) is 5. The first-order chi connectivity index (χ1) is 9.91. The van der Waals surface area contributed by atoms with Crippen LogP contribution < -0.4 is 10.1 Å². The summed E-state index contributed by atoms with van der Waals surface area (Å²) in [5, 5.41) is 19.9. The van der Waals surface area contributed by atoms with Crippen LogP contribution in [0.25, 0.3) is 0 Å². The summed E-state index contributed by atoms with van der Waals surface area (Å²) in [5.74, 6) is -2.30. The Hall–Kier alpha value is -2.41. The van der Waals surface area contributed by atoms with Crippen molar-refractivity contribution in [1.82, 2.24) is 5.32 Å². The fourth-order valence-corrected chi connectivity index (χ4v) is 1.78. The predicted octanol–water partition coefficient (Wildman–Crippen LogP) is 1.13. The number of aliphatic carboxylic acids is 1. The zero-order chi connectivity index (χ0) is 15.8. The summed E-state index contributed by atoms with van der Waals surface area (Å²) in [6.45, 7) is 2.08. The molecule has 1 heterocycles. The van der Waals surface area contributed by atoms with Crippen molar-refractivity contribution in [3.8, 4) is 5.75 Å². The van der Waals surface area contributed by atoms with Crippen molar-refractivity contribution in [2.75, 3.05) is 6.54 Å². The summed E-state index contributed by atoms with van der Waals surface area (Å²) in [5.41, 5.74) is -0.0160. The second kappa shape index (κ2) is 8.01. The van der Waals surface area contributed by atoms with Crippen molar-refractivity contribution in [3.63, 3.8) is 0 Å². The van der Waals surface area contributed by atoms with Gasteiger partial charge in [-0.15, -0.1) is 0 Å². The summed E-state index contributed by atoms with van der Waals surface area (Å²) in [6.07, 6.45) is 1.78. The Morgan fingerprint density at radius 1 is 1.24 bits per heavy atom. The molecule has 0 aromatic heterocycles. The molecule has 0 bridgehead atoms. The number of hydrogen-bond donors (Lipinski definition) is 3. The van der Waals surface area contributed by atoms with E-state index in [1.54, 1.807) is 12.1 Å². The molecule has 1 aliphatic heterocycles. The van der Waals surface area contributed by atoms with Gasteiger partial charge >= 0.3 is 17.9 Å². The molecule has 1 fully saturated rings. The first kappa shape index (κ1) is 16.6. The summed E-state index contributed by atoms with van der Waals surface area (Å²) in [7, 11) is 0. The van der Waals surface area contributed by atoms with Gasteiger partial charge in [0.15, 0.2) is 0 Å². The molecule has 1 aromatic rings. The lowest BCUT2D eigenvalue weighted by Gasteiger charge is -2.03. The van der Waals surface area contributed by atoms with Gasteiger partial charge in [-0.25, -0.2) is 4.79 Å². The number of carboxylic acids is 2. The highest BCUT2D eigenvalue weighted by molar-refractivity contribution is 5.91. The molecule has 0 spiro atoms. The van der Waals surface area contributed by atoms with E-state index >= 15 is 0 Å². The Bertz CT molecular complexity index is 522. The highest BCUT2D eigenvalue weighted by atomic mass is 16.5. The molecule has 0 saturated carbocycles. The number of aromatic carboxylic acids is 1. The fourth-order valence-electron chi connectivity index (χ4n) is 1.78. The molecule has 114 valence electrons. The molecular weight excluding hydrogens is 278 g/mol. The topological polar surface area (TPSA) is 113 Å². The van der Waals surface area contributed by atoms with Crippen LogP contribution in [0.5, 0.6) is 5.75 Å². The largest absolute Gasteiger partial charge is 0.480 e. The molecule has 1 saturated heterocycles. The maximum absolute atomic E-state index is 10.6. The number of nitrogens with one attached hydrogen (secondary N) is 1. The van der Waals surface area contributed by atoms with E-state index in [-0.39, 0.29) is 17.4 Å². The molecule has 2 rings (SSSR count). The third-order valence-electron chi connectivity index (χ3n) is 2.73. The van der Waals surface area contributed by atoms with Crippen LogP contribution in [0.3, 0.4) is 0 Å². The van der Waals surface area contributed by atoms with Crippen LogP contribution in [0.1, 0.15) is 30.1 Å². The smallest absolute Gasteiger partial charge is 0.339 e. The highest BCUT2D eigenvalue weighted by Crippen LogP contribution is 2.17. The molecule has 0 amide bonds. The number of ether oxygens (including phenoxy) is 1. The number of carbonyl (C=O) groups excluding carboxylic acids is 1. The molecule has 1 unspecified atom stereocenters. The van der Waals surface area contributed by atoms with Crippen LogP contribution in [-0.4, -0.2) is 40.7 Å². The van der Waals surface area contributed by atoms with E-state index in [9.17, 15) is 14.4 Å². The molecule has 1 aromatic carbocycles. The Morgan fingerprint density at radius 2 is 1.90 bits per heavy atom. The maximum atomic E-state index is 10.6. The van der Waals surface area contributed by atoms with E-state index in [4.69, 9.17) is 10.2 Å². The van der Waals surface area contributed by atoms with Crippen molar-refractivity contribution >= 4 is 17.9 Å². The van der Waals surface area contributed by atoms with Gasteiger partial charge in [0.25, 0.3) is 0 Å². The number of esters is 1. The van der Waals surface area contributed by atoms with Gasteiger partial charge in [-0.3, -0.25) is 9.59 Å².